The molecule has 2 unspecified atom stereocenters. The zero-order valence-corrected chi connectivity index (χ0v) is 23.8. The largest absolute Gasteiger partial charge is 0.481 e. The quantitative estimate of drug-likeness (QED) is 0.0996. The standard InChI is InChI=1S/C26H42N4O9S/c1-15(2)14-19(29-23(34)17(27)12-13-40-3)24(35)30-21(26(37,38)39)10-9-20(31)25(36)28-18-7-5-4-6-16(18)8-11-22(32)33/h4-7,15,17,19-21,31,37-39H,8-14,27H2,1-3H3,(H,28,36)(H,29,34)(H,30,35)(H,32,33)/t17-,19-,20?,21?/m0/s1. The molecule has 0 aliphatic carbocycles. The van der Waals surface area contributed by atoms with Crippen molar-refractivity contribution >= 4 is 41.1 Å². The number of carbonyl (C=O) groups excluding carboxylic acids is 3. The van der Waals surface area contributed by atoms with Crippen LogP contribution >= 0.6 is 11.8 Å². The minimum atomic E-state index is -3.39. The summed E-state index contributed by atoms with van der Waals surface area (Å²) in [6.45, 7) is 3.64. The summed E-state index contributed by atoms with van der Waals surface area (Å²) in [6.07, 6.45) is -0.0526. The van der Waals surface area contributed by atoms with Crippen molar-refractivity contribution in [3.63, 3.8) is 0 Å². The first kappa shape index (κ1) is 35.3. The van der Waals surface area contributed by atoms with Gasteiger partial charge in [-0.15, -0.1) is 0 Å². The number of anilines is 1. The van der Waals surface area contributed by atoms with Crippen LogP contribution in [0.15, 0.2) is 24.3 Å². The Hall–Kier alpha value is -2.75. The predicted octanol–water partition coefficient (Wildman–Crippen LogP) is -0.490. The highest BCUT2D eigenvalue weighted by Crippen LogP contribution is 2.19. The molecule has 14 heteroatoms. The number of aliphatic hydroxyl groups is 4. The molecule has 1 aromatic carbocycles. The summed E-state index contributed by atoms with van der Waals surface area (Å²) in [6, 6.07) is 2.82. The van der Waals surface area contributed by atoms with Gasteiger partial charge in [-0.05, 0) is 61.7 Å². The van der Waals surface area contributed by atoms with Crippen molar-refractivity contribution in [2.45, 2.75) is 82.6 Å². The van der Waals surface area contributed by atoms with Crippen molar-refractivity contribution in [3.8, 4) is 0 Å². The summed E-state index contributed by atoms with van der Waals surface area (Å²) in [4.78, 5) is 48.9. The number of aliphatic carboxylic acids is 1. The molecular weight excluding hydrogens is 544 g/mol. The van der Waals surface area contributed by atoms with E-state index < -0.39 is 66.7 Å². The van der Waals surface area contributed by atoms with Gasteiger partial charge in [-0.2, -0.15) is 11.8 Å². The fourth-order valence-corrected chi connectivity index (χ4v) is 4.26. The van der Waals surface area contributed by atoms with Gasteiger partial charge in [0.1, 0.15) is 18.2 Å². The number of aliphatic hydroxyl groups excluding tert-OH is 1. The minimum Gasteiger partial charge on any atom is -0.481 e. The number of carboxylic acids is 1. The van der Waals surface area contributed by atoms with E-state index in [0.29, 0.717) is 23.4 Å². The predicted molar refractivity (Wildman–Crippen MR) is 150 cm³/mol. The molecule has 226 valence electrons. The second-order valence-electron chi connectivity index (χ2n) is 9.96. The van der Waals surface area contributed by atoms with E-state index >= 15 is 0 Å². The zero-order valence-electron chi connectivity index (χ0n) is 23.0. The molecule has 1 aromatic rings. The van der Waals surface area contributed by atoms with Crippen LogP contribution < -0.4 is 21.7 Å². The molecule has 0 aliphatic heterocycles. The lowest BCUT2D eigenvalue weighted by atomic mass is 10.0. The molecular formula is C26H42N4O9S. The van der Waals surface area contributed by atoms with E-state index in [4.69, 9.17) is 10.8 Å². The van der Waals surface area contributed by atoms with Crippen LogP contribution in [0, 0.1) is 5.92 Å². The van der Waals surface area contributed by atoms with Gasteiger partial charge in [0.25, 0.3) is 11.9 Å². The number of amides is 3. The molecule has 13 nitrogen and oxygen atoms in total. The Balaban J connectivity index is 2.87. The van der Waals surface area contributed by atoms with Gasteiger partial charge in [0, 0.05) is 12.1 Å². The molecule has 3 amide bonds. The third-order valence-corrected chi connectivity index (χ3v) is 6.65. The lowest BCUT2D eigenvalue weighted by Crippen LogP contribution is -2.59. The zero-order chi connectivity index (χ0) is 30.5. The first-order valence-corrected chi connectivity index (χ1v) is 14.4. The van der Waals surface area contributed by atoms with Gasteiger partial charge in [0.2, 0.25) is 11.8 Å². The van der Waals surface area contributed by atoms with E-state index in [1.54, 1.807) is 24.3 Å². The van der Waals surface area contributed by atoms with Crippen LogP contribution in [0.2, 0.25) is 0 Å². The van der Waals surface area contributed by atoms with Gasteiger partial charge >= 0.3 is 5.97 Å². The maximum atomic E-state index is 13.0. The van der Waals surface area contributed by atoms with Crippen molar-refractivity contribution in [3.05, 3.63) is 29.8 Å². The highest BCUT2D eigenvalue weighted by Gasteiger charge is 2.36. The van der Waals surface area contributed by atoms with Crippen molar-refractivity contribution < 1.29 is 44.7 Å². The Morgan fingerprint density at radius 2 is 1.62 bits per heavy atom. The maximum Gasteiger partial charge on any atom is 0.303 e. The maximum absolute atomic E-state index is 13.0. The van der Waals surface area contributed by atoms with Gasteiger partial charge in [-0.25, -0.2) is 0 Å². The van der Waals surface area contributed by atoms with E-state index in [0.717, 1.165) is 0 Å². The molecule has 0 bridgehead atoms. The van der Waals surface area contributed by atoms with Gasteiger partial charge in [-0.1, -0.05) is 32.0 Å². The second kappa shape index (κ2) is 17.1. The molecule has 0 saturated heterocycles. The van der Waals surface area contributed by atoms with Crippen LogP contribution in [-0.4, -0.2) is 91.4 Å². The Bertz CT molecular complexity index is 987. The summed E-state index contributed by atoms with van der Waals surface area (Å²) < 4.78 is 0. The molecule has 0 spiro atoms. The molecule has 0 fully saturated rings. The topological polar surface area (TPSA) is 232 Å². The molecule has 4 atom stereocenters. The first-order valence-electron chi connectivity index (χ1n) is 13.0. The molecule has 0 aromatic heterocycles. The van der Waals surface area contributed by atoms with E-state index in [-0.39, 0.29) is 25.2 Å². The van der Waals surface area contributed by atoms with Crippen LogP contribution in [0.4, 0.5) is 5.69 Å². The van der Waals surface area contributed by atoms with Crippen LogP contribution in [-0.2, 0) is 25.6 Å². The van der Waals surface area contributed by atoms with E-state index in [1.165, 1.54) is 11.8 Å². The molecule has 0 heterocycles. The van der Waals surface area contributed by atoms with Crippen LogP contribution in [0.5, 0.6) is 0 Å². The smallest absolute Gasteiger partial charge is 0.303 e. The van der Waals surface area contributed by atoms with Crippen LogP contribution in [0.25, 0.3) is 0 Å². The third-order valence-electron chi connectivity index (χ3n) is 6.01. The molecule has 0 saturated carbocycles. The van der Waals surface area contributed by atoms with Crippen LogP contribution in [0.1, 0.15) is 51.5 Å². The van der Waals surface area contributed by atoms with E-state index in [2.05, 4.69) is 16.0 Å². The normalized spacial score (nSPS) is 14.6. The van der Waals surface area contributed by atoms with Crippen LogP contribution in [0.3, 0.4) is 0 Å². The van der Waals surface area contributed by atoms with Crippen molar-refractivity contribution in [2.24, 2.45) is 11.7 Å². The number of carboxylic acid groups (broad SMARTS) is 1. The van der Waals surface area contributed by atoms with E-state index in [1.807, 2.05) is 20.1 Å². The SMILES string of the molecule is CSCC[C@H](N)C(=O)N[C@@H](CC(C)C)C(=O)NC(CCC(O)C(=O)Nc1ccccc1CCC(=O)O)C(O)(O)O. The average Bonchev–Trinajstić information content (AvgIpc) is 2.87. The van der Waals surface area contributed by atoms with Gasteiger partial charge < -0.3 is 47.2 Å². The van der Waals surface area contributed by atoms with Gasteiger partial charge in [0.05, 0.1) is 6.04 Å². The summed E-state index contributed by atoms with van der Waals surface area (Å²) in [5.74, 6) is -6.01. The number of para-hydroxylation sites is 1. The summed E-state index contributed by atoms with van der Waals surface area (Å²) in [7, 11) is 0. The highest BCUT2D eigenvalue weighted by molar-refractivity contribution is 7.98. The average molecular weight is 587 g/mol. The lowest BCUT2D eigenvalue weighted by Gasteiger charge is -2.30. The van der Waals surface area contributed by atoms with Crippen molar-refractivity contribution in [1.29, 1.82) is 0 Å². The highest BCUT2D eigenvalue weighted by atomic mass is 32.2. The molecule has 40 heavy (non-hydrogen) atoms. The molecule has 0 radical (unpaired) electrons. The van der Waals surface area contributed by atoms with Gasteiger partial charge in [-0.3, -0.25) is 19.2 Å². The Morgan fingerprint density at radius 1 is 0.975 bits per heavy atom. The summed E-state index contributed by atoms with van der Waals surface area (Å²) in [5.41, 5.74) is 6.74. The lowest BCUT2D eigenvalue weighted by molar-refractivity contribution is -0.327. The number of hydrogen-bond donors (Lipinski definition) is 9. The van der Waals surface area contributed by atoms with Crippen molar-refractivity contribution in [2.75, 3.05) is 17.3 Å². The summed E-state index contributed by atoms with van der Waals surface area (Å²) >= 11 is 1.52. The Morgan fingerprint density at radius 3 is 2.20 bits per heavy atom. The fourth-order valence-electron chi connectivity index (χ4n) is 3.77. The number of carbonyl (C=O) groups is 4. The second-order valence-corrected chi connectivity index (χ2v) is 10.9. The number of benzene rings is 1. The Labute approximate surface area is 237 Å². The first-order chi connectivity index (χ1) is 18.6. The number of nitrogens with two attached hydrogens (primary N) is 1. The van der Waals surface area contributed by atoms with E-state index in [9.17, 15) is 39.6 Å². The number of nitrogens with one attached hydrogen (secondary N) is 3. The minimum absolute atomic E-state index is 0.0389. The fraction of sp³-hybridized carbons (Fsp3) is 0.615. The van der Waals surface area contributed by atoms with Gasteiger partial charge in [0.15, 0.2) is 0 Å². The molecule has 10 N–H and O–H groups in total. The molecule has 1 rings (SSSR count). The van der Waals surface area contributed by atoms with Crippen molar-refractivity contribution in [1.82, 2.24) is 10.6 Å². The third kappa shape index (κ3) is 13.1. The number of aryl methyl sites for hydroxylation is 1. The summed E-state index contributed by atoms with van der Waals surface area (Å²) in [5, 5.41) is 56.2. The number of thioether (sulfide) groups is 1. The number of hydrogen-bond acceptors (Lipinski definition) is 10. The monoisotopic (exact) mass is 586 g/mol. The molecule has 0 aliphatic rings. The number of rotatable bonds is 18. The Kier molecular flexibility index (Phi) is 15.1.